The number of esters is 4. The number of rotatable bonds is 87. The van der Waals surface area contributed by atoms with Crippen LogP contribution < -0.4 is 0 Å². The molecule has 624 valence electrons. The number of hydrogen-bond donors (Lipinski definition) is 3. The van der Waals surface area contributed by atoms with Crippen molar-refractivity contribution < 1.29 is 80.2 Å². The van der Waals surface area contributed by atoms with Gasteiger partial charge < -0.3 is 33.8 Å². The number of carbonyl (C=O) groups excluding carboxylic acids is 4. The minimum absolute atomic E-state index is 0.109. The fraction of sp³-hybridized carbons (Fsp3) is 0.953. The molecule has 105 heavy (non-hydrogen) atoms. The second kappa shape index (κ2) is 80.1. The maximum atomic E-state index is 13.1. The maximum Gasteiger partial charge on any atom is 0.472 e. The number of ether oxygens (including phenoxy) is 4. The average Bonchev–Trinajstić information content (AvgIpc) is 0.955. The molecule has 0 rings (SSSR count). The van der Waals surface area contributed by atoms with Crippen molar-refractivity contribution in [3.05, 3.63) is 0 Å². The summed E-state index contributed by atoms with van der Waals surface area (Å²) in [5.41, 5.74) is 0. The molecule has 0 fully saturated rings. The van der Waals surface area contributed by atoms with Gasteiger partial charge in [0.05, 0.1) is 26.4 Å². The molecule has 0 aliphatic heterocycles. The number of aliphatic hydroxyl groups excluding tert-OH is 1. The highest BCUT2D eigenvalue weighted by Crippen LogP contribution is 2.45. The minimum atomic E-state index is -4.96. The van der Waals surface area contributed by atoms with Crippen molar-refractivity contribution in [3.8, 4) is 0 Å². The highest BCUT2D eigenvalue weighted by Gasteiger charge is 2.30. The van der Waals surface area contributed by atoms with E-state index >= 15 is 0 Å². The molecular formula is C86H168O17P2. The first-order chi connectivity index (χ1) is 51.2. The molecule has 0 aliphatic carbocycles. The first-order valence-electron chi connectivity index (χ1n) is 44.8. The van der Waals surface area contributed by atoms with Crippen molar-refractivity contribution in [2.45, 2.75) is 489 Å². The van der Waals surface area contributed by atoms with Crippen molar-refractivity contribution in [1.29, 1.82) is 0 Å². The number of carbonyl (C=O) groups is 4. The van der Waals surface area contributed by atoms with Gasteiger partial charge in [0.1, 0.15) is 19.3 Å². The van der Waals surface area contributed by atoms with E-state index in [-0.39, 0.29) is 25.7 Å². The lowest BCUT2D eigenvalue weighted by atomic mass is 10.0. The predicted molar refractivity (Wildman–Crippen MR) is 432 cm³/mol. The summed E-state index contributed by atoms with van der Waals surface area (Å²) in [6, 6.07) is 0. The lowest BCUT2D eigenvalue weighted by Crippen LogP contribution is -2.30. The van der Waals surface area contributed by atoms with Gasteiger partial charge in [0.25, 0.3) is 0 Å². The quantitative estimate of drug-likeness (QED) is 0.0222. The smallest absolute Gasteiger partial charge is 0.462 e. The second-order valence-corrected chi connectivity index (χ2v) is 33.8. The Kier molecular flexibility index (Phi) is 78.6. The molecule has 5 atom stereocenters. The van der Waals surface area contributed by atoms with E-state index in [1.54, 1.807) is 0 Å². The number of phosphoric ester groups is 2. The Morgan fingerprint density at radius 1 is 0.229 bits per heavy atom. The standard InChI is InChI=1S/C86H168O17P2/c1-5-9-13-17-21-25-29-33-36-39-41-44-47-51-55-59-63-67-71-84(89)97-77-82(103-86(91)73-69-65-61-57-53-49-45-42-40-37-34-30-26-22-18-14-10-6-2)79-101-105(94,95)99-75-80(87)74-98-104(92,93)100-78-81(76-96-83(88)70-66-62-58-54-50-46-32-28-24-20-16-12-8-4)102-85(90)72-68-64-60-56-52-48-43-38-35-31-27-23-19-15-11-7-3/h80-82,87H,5-79H2,1-4H3,(H,92,93)(H,94,95)/t80-,81+,82+/m0/s1. The number of unbranched alkanes of at least 4 members (excludes halogenated alkanes) is 61. The molecule has 0 saturated heterocycles. The fourth-order valence-corrected chi connectivity index (χ4v) is 15.1. The highest BCUT2D eigenvalue weighted by atomic mass is 31.2. The largest absolute Gasteiger partial charge is 0.472 e. The van der Waals surface area contributed by atoms with Crippen LogP contribution in [0.4, 0.5) is 0 Å². The lowest BCUT2D eigenvalue weighted by Gasteiger charge is -2.21. The minimum Gasteiger partial charge on any atom is -0.462 e. The van der Waals surface area contributed by atoms with Crippen molar-refractivity contribution in [2.24, 2.45) is 0 Å². The van der Waals surface area contributed by atoms with Gasteiger partial charge in [-0.15, -0.1) is 0 Å². The third-order valence-corrected chi connectivity index (χ3v) is 22.3. The Morgan fingerprint density at radius 2 is 0.381 bits per heavy atom. The molecule has 0 amide bonds. The van der Waals surface area contributed by atoms with Gasteiger partial charge in [-0.25, -0.2) is 9.13 Å². The van der Waals surface area contributed by atoms with Gasteiger partial charge in [0.15, 0.2) is 12.2 Å². The molecule has 0 aromatic rings. The third-order valence-electron chi connectivity index (χ3n) is 20.4. The summed E-state index contributed by atoms with van der Waals surface area (Å²) in [5, 5.41) is 10.7. The van der Waals surface area contributed by atoms with Gasteiger partial charge in [-0.1, -0.05) is 419 Å². The molecule has 17 nitrogen and oxygen atoms in total. The molecule has 0 bridgehead atoms. The van der Waals surface area contributed by atoms with Crippen LogP contribution in [0.1, 0.15) is 471 Å². The normalized spacial score (nSPS) is 13.7. The van der Waals surface area contributed by atoms with E-state index in [4.69, 9.17) is 37.0 Å². The summed E-state index contributed by atoms with van der Waals surface area (Å²) in [6.45, 7) is 5.07. The van der Waals surface area contributed by atoms with Crippen LogP contribution in [0.2, 0.25) is 0 Å². The molecule has 2 unspecified atom stereocenters. The zero-order valence-electron chi connectivity index (χ0n) is 68.7. The van der Waals surface area contributed by atoms with Gasteiger partial charge in [-0.3, -0.25) is 37.3 Å². The highest BCUT2D eigenvalue weighted by molar-refractivity contribution is 7.47. The van der Waals surface area contributed by atoms with Gasteiger partial charge in [-0.05, 0) is 25.7 Å². The Labute approximate surface area is 645 Å². The van der Waals surface area contributed by atoms with Crippen molar-refractivity contribution in [3.63, 3.8) is 0 Å². The summed E-state index contributed by atoms with van der Waals surface area (Å²) >= 11 is 0. The van der Waals surface area contributed by atoms with E-state index in [1.807, 2.05) is 0 Å². The van der Waals surface area contributed by atoms with Crippen LogP contribution in [0.15, 0.2) is 0 Å². The molecule has 0 aliphatic rings. The molecule has 0 heterocycles. The molecule has 0 aromatic carbocycles. The first kappa shape index (κ1) is 103. The SMILES string of the molecule is CCCCCCCCCCCCCCCCCCCCC(=O)OC[C@H](COP(=O)(O)OC[C@@H](O)COP(=O)(O)OC[C@@H](COC(=O)CCCCCCCCCCCCCCC)OC(=O)CCCCCCCCCCCCCCCCCC)OC(=O)CCCCCCCCCCCCCCCCCCCC. The lowest BCUT2D eigenvalue weighted by molar-refractivity contribution is -0.161. The molecule has 0 aromatic heterocycles. The molecule has 0 radical (unpaired) electrons. The van der Waals surface area contributed by atoms with Gasteiger partial charge >= 0.3 is 39.5 Å². The zero-order valence-corrected chi connectivity index (χ0v) is 70.5. The number of phosphoric acid groups is 2. The predicted octanol–water partition coefficient (Wildman–Crippen LogP) is 26.5. The van der Waals surface area contributed by atoms with E-state index in [0.717, 1.165) is 89.9 Å². The average molecular weight is 1540 g/mol. The summed E-state index contributed by atoms with van der Waals surface area (Å²) in [4.78, 5) is 73.3. The van der Waals surface area contributed by atoms with Crippen LogP contribution in [-0.2, 0) is 65.4 Å². The maximum absolute atomic E-state index is 13.1. The molecule has 19 heteroatoms. The van der Waals surface area contributed by atoms with Crippen molar-refractivity contribution >= 4 is 39.5 Å². The molecule has 0 saturated carbocycles. The Bertz CT molecular complexity index is 1980. The molecule has 0 spiro atoms. The van der Waals surface area contributed by atoms with Crippen LogP contribution >= 0.6 is 15.6 Å². The fourth-order valence-electron chi connectivity index (χ4n) is 13.5. The van der Waals surface area contributed by atoms with Gasteiger partial charge in [0.2, 0.25) is 0 Å². The third kappa shape index (κ3) is 79.9. The van der Waals surface area contributed by atoms with Crippen LogP contribution in [0.25, 0.3) is 0 Å². The van der Waals surface area contributed by atoms with Gasteiger partial charge in [0, 0.05) is 25.7 Å². The zero-order chi connectivity index (χ0) is 76.7. The molecular weight excluding hydrogens is 1370 g/mol. The number of aliphatic hydroxyl groups is 1. The number of hydrogen-bond acceptors (Lipinski definition) is 15. The Hall–Kier alpha value is -1.94. The van der Waals surface area contributed by atoms with E-state index in [2.05, 4.69) is 27.7 Å². The van der Waals surface area contributed by atoms with Crippen molar-refractivity contribution in [1.82, 2.24) is 0 Å². The topological polar surface area (TPSA) is 237 Å². The van der Waals surface area contributed by atoms with Crippen LogP contribution in [0.3, 0.4) is 0 Å². The van der Waals surface area contributed by atoms with E-state index in [1.165, 1.54) is 302 Å². The summed E-state index contributed by atoms with van der Waals surface area (Å²) < 4.78 is 69.0. The monoisotopic (exact) mass is 1540 g/mol. The van der Waals surface area contributed by atoms with E-state index in [9.17, 15) is 43.2 Å². The Morgan fingerprint density at radius 3 is 0.562 bits per heavy atom. The Balaban J connectivity index is 5.26. The van der Waals surface area contributed by atoms with E-state index in [0.29, 0.717) is 25.7 Å². The van der Waals surface area contributed by atoms with Crippen LogP contribution in [0.5, 0.6) is 0 Å². The second-order valence-electron chi connectivity index (χ2n) is 30.9. The van der Waals surface area contributed by atoms with Crippen LogP contribution in [0, 0.1) is 0 Å². The van der Waals surface area contributed by atoms with Crippen molar-refractivity contribution in [2.75, 3.05) is 39.6 Å². The summed E-state index contributed by atoms with van der Waals surface area (Å²) in [7, 11) is -9.93. The summed E-state index contributed by atoms with van der Waals surface area (Å²) in [6.07, 6.45) is 74.8. The molecule has 3 N–H and O–H groups in total. The van der Waals surface area contributed by atoms with E-state index < -0.39 is 97.5 Å². The summed E-state index contributed by atoms with van der Waals surface area (Å²) in [5.74, 6) is -2.09. The van der Waals surface area contributed by atoms with Crippen LogP contribution in [-0.4, -0.2) is 96.7 Å². The first-order valence-corrected chi connectivity index (χ1v) is 47.8. The van der Waals surface area contributed by atoms with Gasteiger partial charge in [-0.2, -0.15) is 0 Å².